The normalized spacial score (nSPS) is 11.6. The SMILES string of the molecule is O=[N+]([O-])c1cccc(S(=O)(=O)Nc2ccc(S(=O)(=O)Nc3ccccn3)cc2)c1. The van der Waals surface area contributed by atoms with Crippen molar-refractivity contribution in [3.8, 4) is 0 Å². The Morgan fingerprint density at radius 2 is 1.48 bits per heavy atom. The van der Waals surface area contributed by atoms with Crippen molar-refractivity contribution in [2.45, 2.75) is 9.79 Å². The van der Waals surface area contributed by atoms with Gasteiger partial charge in [-0.1, -0.05) is 12.1 Å². The van der Waals surface area contributed by atoms with E-state index in [0.717, 1.165) is 6.07 Å². The van der Waals surface area contributed by atoms with E-state index in [2.05, 4.69) is 14.4 Å². The van der Waals surface area contributed by atoms with Gasteiger partial charge in [-0.25, -0.2) is 21.8 Å². The number of nitrogens with one attached hydrogen (secondary N) is 2. The fourth-order valence-corrected chi connectivity index (χ4v) is 4.41. The van der Waals surface area contributed by atoms with Gasteiger partial charge >= 0.3 is 0 Å². The molecule has 12 heteroatoms. The van der Waals surface area contributed by atoms with Crippen molar-refractivity contribution >= 4 is 37.2 Å². The smallest absolute Gasteiger partial charge is 0.270 e. The summed E-state index contributed by atoms with van der Waals surface area (Å²) in [5, 5.41) is 10.8. The Hall–Kier alpha value is -3.51. The number of hydrogen-bond donors (Lipinski definition) is 2. The molecule has 3 aromatic rings. The average molecular weight is 434 g/mol. The molecule has 0 radical (unpaired) electrons. The summed E-state index contributed by atoms with van der Waals surface area (Å²) < 4.78 is 54.1. The largest absolute Gasteiger partial charge is 0.280 e. The number of benzene rings is 2. The molecule has 0 saturated heterocycles. The third-order valence-electron chi connectivity index (χ3n) is 3.66. The number of aromatic nitrogens is 1. The Kier molecular flexibility index (Phi) is 5.48. The highest BCUT2D eigenvalue weighted by atomic mass is 32.2. The summed E-state index contributed by atoms with van der Waals surface area (Å²) in [5.74, 6) is 0.142. The van der Waals surface area contributed by atoms with E-state index >= 15 is 0 Å². The van der Waals surface area contributed by atoms with Gasteiger partial charge in [-0.3, -0.25) is 19.6 Å². The van der Waals surface area contributed by atoms with Crippen LogP contribution in [0.4, 0.5) is 17.2 Å². The second-order valence-electron chi connectivity index (χ2n) is 5.70. The first kappa shape index (κ1) is 20.2. The lowest BCUT2D eigenvalue weighted by molar-refractivity contribution is -0.385. The molecular formula is C17H14N4O6S2. The summed E-state index contributed by atoms with van der Waals surface area (Å²) in [6.07, 6.45) is 1.43. The van der Waals surface area contributed by atoms with Crippen LogP contribution in [0.3, 0.4) is 0 Å². The van der Waals surface area contributed by atoms with Gasteiger partial charge in [0.1, 0.15) is 5.82 Å². The molecule has 0 amide bonds. The fourth-order valence-electron chi connectivity index (χ4n) is 2.30. The van der Waals surface area contributed by atoms with Gasteiger partial charge in [0.15, 0.2) is 0 Å². The average Bonchev–Trinajstić information content (AvgIpc) is 2.68. The van der Waals surface area contributed by atoms with E-state index in [4.69, 9.17) is 0 Å². The summed E-state index contributed by atoms with van der Waals surface area (Å²) in [6.45, 7) is 0. The highest BCUT2D eigenvalue weighted by Crippen LogP contribution is 2.22. The molecule has 0 bridgehead atoms. The number of sulfonamides is 2. The number of nitro groups is 1. The quantitative estimate of drug-likeness (QED) is 0.429. The highest BCUT2D eigenvalue weighted by molar-refractivity contribution is 7.93. The first-order valence-corrected chi connectivity index (χ1v) is 11.0. The molecule has 1 heterocycles. The number of pyridine rings is 1. The Labute approximate surface area is 166 Å². The predicted molar refractivity (Wildman–Crippen MR) is 105 cm³/mol. The number of anilines is 2. The topological polar surface area (TPSA) is 148 Å². The van der Waals surface area contributed by atoms with E-state index in [1.54, 1.807) is 12.1 Å². The number of nitro benzene ring substituents is 1. The maximum atomic E-state index is 12.4. The third kappa shape index (κ3) is 4.86. The molecule has 1 aromatic heterocycles. The van der Waals surface area contributed by atoms with E-state index in [1.807, 2.05) is 0 Å². The zero-order valence-corrected chi connectivity index (χ0v) is 16.2. The Morgan fingerprint density at radius 1 is 0.793 bits per heavy atom. The minimum absolute atomic E-state index is 0.0910. The van der Waals surface area contributed by atoms with Crippen molar-refractivity contribution in [1.29, 1.82) is 0 Å². The van der Waals surface area contributed by atoms with E-state index in [0.29, 0.717) is 0 Å². The summed E-state index contributed by atoms with van der Waals surface area (Å²) >= 11 is 0. The molecule has 0 fully saturated rings. The second-order valence-corrected chi connectivity index (χ2v) is 9.07. The van der Waals surface area contributed by atoms with Gasteiger partial charge < -0.3 is 0 Å². The molecule has 10 nitrogen and oxygen atoms in total. The van der Waals surface area contributed by atoms with Crippen LogP contribution >= 0.6 is 0 Å². The number of hydrogen-bond acceptors (Lipinski definition) is 7. The lowest BCUT2D eigenvalue weighted by Crippen LogP contribution is -2.15. The second kappa shape index (κ2) is 7.85. The van der Waals surface area contributed by atoms with Crippen LogP contribution in [0.1, 0.15) is 0 Å². The van der Waals surface area contributed by atoms with Crippen LogP contribution in [0.25, 0.3) is 0 Å². The van der Waals surface area contributed by atoms with Crippen LogP contribution in [0.15, 0.2) is 82.7 Å². The summed E-state index contributed by atoms with van der Waals surface area (Å²) in [7, 11) is -8.00. The summed E-state index contributed by atoms with van der Waals surface area (Å²) in [6, 6.07) is 14.3. The van der Waals surface area contributed by atoms with Crippen LogP contribution < -0.4 is 9.44 Å². The lowest BCUT2D eigenvalue weighted by Gasteiger charge is -2.10. The van der Waals surface area contributed by atoms with Gasteiger partial charge in [0.05, 0.1) is 14.7 Å². The van der Waals surface area contributed by atoms with Gasteiger partial charge in [-0.15, -0.1) is 0 Å². The van der Waals surface area contributed by atoms with Gasteiger partial charge in [-0.05, 0) is 42.5 Å². The van der Waals surface area contributed by atoms with Crippen LogP contribution in [0.5, 0.6) is 0 Å². The van der Waals surface area contributed by atoms with Crippen molar-refractivity contribution in [3.05, 3.63) is 83.0 Å². The molecule has 0 atom stereocenters. The Morgan fingerprint density at radius 3 is 2.10 bits per heavy atom. The Bertz CT molecular complexity index is 1240. The van der Waals surface area contributed by atoms with Crippen molar-refractivity contribution in [2.24, 2.45) is 0 Å². The van der Waals surface area contributed by atoms with Gasteiger partial charge in [0.25, 0.3) is 25.7 Å². The fraction of sp³-hybridized carbons (Fsp3) is 0. The van der Waals surface area contributed by atoms with Gasteiger partial charge in [0.2, 0.25) is 0 Å². The van der Waals surface area contributed by atoms with Crippen LogP contribution in [0.2, 0.25) is 0 Å². The number of rotatable bonds is 7. The van der Waals surface area contributed by atoms with Gasteiger partial charge in [-0.2, -0.15) is 0 Å². The molecule has 0 aliphatic heterocycles. The minimum atomic E-state index is -4.10. The molecular weight excluding hydrogens is 420 g/mol. The monoisotopic (exact) mass is 434 g/mol. The van der Waals surface area contributed by atoms with Crippen LogP contribution in [-0.2, 0) is 20.0 Å². The minimum Gasteiger partial charge on any atom is -0.280 e. The number of nitrogens with zero attached hydrogens (tertiary/aromatic N) is 2. The van der Waals surface area contributed by atoms with E-state index in [-0.39, 0.29) is 27.0 Å². The highest BCUT2D eigenvalue weighted by Gasteiger charge is 2.19. The van der Waals surface area contributed by atoms with E-state index < -0.39 is 25.0 Å². The van der Waals surface area contributed by atoms with Crippen molar-refractivity contribution < 1.29 is 21.8 Å². The molecule has 29 heavy (non-hydrogen) atoms. The first-order chi connectivity index (χ1) is 13.7. The van der Waals surface area contributed by atoms with E-state index in [1.165, 1.54) is 54.7 Å². The predicted octanol–water partition coefficient (Wildman–Crippen LogP) is 2.59. The zero-order valence-electron chi connectivity index (χ0n) is 14.6. The third-order valence-corrected chi connectivity index (χ3v) is 6.41. The zero-order chi connectivity index (χ0) is 21.1. The first-order valence-electron chi connectivity index (χ1n) is 7.99. The van der Waals surface area contributed by atoms with Crippen molar-refractivity contribution in [1.82, 2.24) is 4.98 Å². The molecule has 3 rings (SSSR count). The van der Waals surface area contributed by atoms with Crippen LogP contribution in [0, 0.1) is 10.1 Å². The molecule has 0 aliphatic carbocycles. The van der Waals surface area contributed by atoms with Crippen LogP contribution in [-0.4, -0.2) is 26.7 Å². The Balaban J connectivity index is 1.80. The summed E-state index contributed by atoms with van der Waals surface area (Å²) in [4.78, 5) is 13.6. The number of non-ortho nitro benzene ring substituents is 1. The van der Waals surface area contributed by atoms with Crippen molar-refractivity contribution in [3.63, 3.8) is 0 Å². The molecule has 0 aliphatic rings. The standard InChI is InChI=1S/C17H14N4O6S2/c22-21(23)14-4-3-5-16(12-14)29(26,27)19-13-7-9-15(10-8-13)28(24,25)20-17-6-1-2-11-18-17/h1-12,19H,(H,18,20). The maximum absolute atomic E-state index is 12.4. The molecule has 2 aromatic carbocycles. The molecule has 150 valence electrons. The molecule has 0 unspecified atom stereocenters. The lowest BCUT2D eigenvalue weighted by atomic mass is 10.3. The maximum Gasteiger partial charge on any atom is 0.270 e. The van der Waals surface area contributed by atoms with Gasteiger partial charge in [0, 0.05) is 24.0 Å². The van der Waals surface area contributed by atoms with Crippen molar-refractivity contribution in [2.75, 3.05) is 9.44 Å². The molecule has 0 spiro atoms. The van der Waals surface area contributed by atoms with E-state index in [9.17, 15) is 26.9 Å². The summed E-state index contributed by atoms with van der Waals surface area (Å²) in [5.41, 5.74) is -0.275. The molecule has 2 N–H and O–H groups in total. The molecule has 0 saturated carbocycles.